The Balaban J connectivity index is 2.26. The van der Waals surface area contributed by atoms with Crippen molar-refractivity contribution < 1.29 is 19.5 Å². The number of hydrogen-bond acceptors (Lipinski definition) is 3. The fraction of sp³-hybridized carbons (Fsp3) is 0.190. The van der Waals surface area contributed by atoms with Crippen molar-refractivity contribution in [3.05, 3.63) is 74.4 Å². The van der Waals surface area contributed by atoms with E-state index in [4.69, 9.17) is 11.6 Å². The summed E-state index contributed by atoms with van der Waals surface area (Å²) in [7, 11) is 0. The van der Waals surface area contributed by atoms with Crippen LogP contribution >= 0.6 is 27.5 Å². The molecule has 0 atom stereocenters. The molecule has 0 heterocycles. The smallest absolute Gasteiger partial charge is 0.416 e. The molecule has 2 aromatic carbocycles. The lowest BCUT2D eigenvalue weighted by atomic mass is 9.78. The van der Waals surface area contributed by atoms with Crippen LogP contribution in [0, 0.1) is 0 Å². The minimum Gasteiger partial charge on any atom is -0.464 e. The van der Waals surface area contributed by atoms with Gasteiger partial charge in [0.05, 0.1) is 5.69 Å². The molecule has 0 radical (unpaired) electrons. The third kappa shape index (κ3) is 3.38. The second kappa shape index (κ2) is 7.18. The largest absolute Gasteiger partial charge is 0.464 e. The van der Waals surface area contributed by atoms with Crippen molar-refractivity contribution in [2.75, 3.05) is 4.90 Å². The van der Waals surface area contributed by atoms with Gasteiger partial charge in [0.1, 0.15) is 10.7 Å². The molecule has 0 spiro atoms. The van der Waals surface area contributed by atoms with Gasteiger partial charge in [0, 0.05) is 15.6 Å². The number of anilines is 1. The highest BCUT2D eigenvalue weighted by molar-refractivity contribution is 9.10. The van der Waals surface area contributed by atoms with Crippen LogP contribution in [0.4, 0.5) is 10.5 Å². The molecule has 1 amide bonds. The molecule has 7 heteroatoms. The number of benzene rings is 2. The predicted molar refractivity (Wildman–Crippen MR) is 111 cm³/mol. The van der Waals surface area contributed by atoms with Crippen LogP contribution in [0.5, 0.6) is 0 Å². The molecule has 0 saturated carbocycles. The summed E-state index contributed by atoms with van der Waals surface area (Å²) in [6, 6.07) is 11.4. The summed E-state index contributed by atoms with van der Waals surface area (Å²) in [5, 5.41) is 9.37. The van der Waals surface area contributed by atoms with E-state index >= 15 is 0 Å². The van der Waals surface area contributed by atoms with Gasteiger partial charge in [0.2, 0.25) is 11.6 Å². The highest BCUT2D eigenvalue weighted by atomic mass is 79.9. The van der Waals surface area contributed by atoms with Crippen LogP contribution < -0.4 is 4.90 Å². The lowest BCUT2D eigenvalue weighted by Crippen LogP contribution is -2.37. The van der Waals surface area contributed by atoms with Crippen molar-refractivity contribution >= 4 is 50.9 Å². The number of Topliss-reactive ketones (excluding diaryl/α,β-unsaturated/α-hetero) is 2. The van der Waals surface area contributed by atoms with Gasteiger partial charge in [-0.05, 0) is 29.2 Å². The molecule has 0 saturated heterocycles. The van der Waals surface area contributed by atoms with Crippen LogP contribution in [0.3, 0.4) is 0 Å². The monoisotopic (exact) mass is 461 g/mol. The molecule has 0 fully saturated rings. The number of ketones is 2. The molecule has 0 aromatic heterocycles. The van der Waals surface area contributed by atoms with Crippen molar-refractivity contribution in [1.29, 1.82) is 0 Å². The first kappa shape index (κ1) is 20.3. The Morgan fingerprint density at radius 1 is 1.07 bits per heavy atom. The van der Waals surface area contributed by atoms with Crippen molar-refractivity contribution in [3.63, 3.8) is 0 Å². The van der Waals surface area contributed by atoms with E-state index in [0.717, 1.165) is 4.90 Å². The second-order valence-electron chi connectivity index (χ2n) is 7.40. The van der Waals surface area contributed by atoms with Gasteiger partial charge in [-0.25, -0.2) is 9.69 Å². The molecule has 144 valence electrons. The quantitative estimate of drug-likeness (QED) is 0.615. The molecule has 5 nitrogen and oxygen atoms in total. The van der Waals surface area contributed by atoms with E-state index in [2.05, 4.69) is 15.9 Å². The van der Waals surface area contributed by atoms with Crippen molar-refractivity contribution in [2.45, 2.75) is 26.2 Å². The minimum absolute atomic E-state index is 0.151. The van der Waals surface area contributed by atoms with Gasteiger partial charge in [-0.2, -0.15) is 0 Å². The Hall–Kier alpha value is -2.44. The number of nitrogens with zero attached hydrogens (tertiary/aromatic N) is 1. The summed E-state index contributed by atoms with van der Waals surface area (Å²) >= 11 is 9.58. The molecule has 1 N–H and O–H groups in total. The standard InChI is InChI=1S/C21H17BrClNO4/c1-21(2,3)14-9-5-8-13-15(14)19(26)16(23)17(18(13)25)24(20(27)28)12-7-4-6-11(22)10-12/h4-10H,1-3H3,(H,27,28). The topological polar surface area (TPSA) is 74.7 Å². The van der Waals surface area contributed by atoms with E-state index in [1.165, 1.54) is 18.2 Å². The average molecular weight is 463 g/mol. The van der Waals surface area contributed by atoms with E-state index in [-0.39, 0.29) is 22.5 Å². The van der Waals surface area contributed by atoms with Gasteiger partial charge in [0.25, 0.3) is 0 Å². The highest BCUT2D eigenvalue weighted by Gasteiger charge is 2.40. The second-order valence-corrected chi connectivity index (χ2v) is 8.69. The van der Waals surface area contributed by atoms with Gasteiger partial charge in [0.15, 0.2) is 0 Å². The van der Waals surface area contributed by atoms with Crippen LogP contribution in [0.15, 0.2) is 57.7 Å². The summed E-state index contributed by atoms with van der Waals surface area (Å²) in [6.45, 7) is 5.79. The fourth-order valence-corrected chi connectivity index (χ4v) is 3.86. The molecular formula is C21H17BrClNO4. The van der Waals surface area contributed by atoms with E-state index < -0.39 is 28.1 Å². The first-order chi connectivity index (χ1) is 13.0. The first-order valence-electron chi connectivity index (χ1n) is 8.45. The number of halogens is 2. The van der Waals surface area contributed by atoms with Crippen LogP contribution in [0.2, 0.25) is 0 Å². The summed E-state index contributed by atoms with van der Waals surface area (Å²) in [4.78, 5) is 39.1. The van der Waals surface area contributed by atoms with Gasteiger partial charge in [-0.15, -0.1) is 0 Å². The Labute approximate surface area is 175 Å². The SMILES string of the molecule is CC(C)(C)c1cccc2c1C(=O)C(Cl)=C(N(C(=O)O)c1cccc(Br)c1)C2=O. The van der Waals surface area contributed by atoms with Crippen LogP contribution in [-0.4, -0.2) is 22.8 Å². The van der Waals surface area contributed by atoms with E-state index in [1.807, 2.05) is 20.8 Å². The highest BCUT2D eigenvalue weighted by Crippen LogP contribution is 2.38. The average Bonchev–Trinajstić information content (AvgIpc) is 2.61. The summed E-state index contributed by atoms with van der Waals surface area (Å²) in [5.41, 5.74) is 0.505. The summed E-state index contributed by atoms with van der Waals surface area (Å²) in [6.07, 6.45) is -1.41. The Morgan fingerprint density at radius 3 is 2.29 bits per heavy atom. The van der Waals surface area contributed by atoms with Gasteiger partial charge in [-0.1, -0.05) is 72.6 Å². The lowest BCUT2D eigenvalue weighted by Gasteiger charge is -2.29. The zero-order chi connectivity index (χ0) is 20.8. The zero-order valence-electron chi connectivity index (χ0n) is 15.4. The molecule has 1 aliphatic carbocycles. The molecule has 1 aliphatic rings. The Kier molecular flexibility index (Phi) is 5.21. The van der Waals surface area contributed by atoms with Crippen molar-refractivity contribution in [3.8, 4) is 0 Å². The first-order valence-corrected chi connectivity index (χ1v) is 9.62. The van der Waals surface area contributed by atoms with Gasteiger partial charge >= 0.3 is 6.09 Å². The van der Waals surface area contributed by atoms with Crippen LogP contribution in [-0.2, 0) is 5.41 Å². The molecule has 3 rings (SSSR count). The van der Waals surface area contributed by atoms with Crippen LogP contribution in [0.1, 0.15) is 47.1 Å². The summed E-state index contributed by atoms with van der Waals surface area (Å²) in [5.74, 6) is -1.16. The number of rotatable bonds is 2. The molecule has 0 bridgehead atoms. The predicted octanol–water partition coefficient (Wildman–Crippen LogP) is 5.76. The number of fused-ring (bicyclic) bond motifs is 1. The molecular weight excluding hydrogens is 446 g/mol. The Bertz CT molecular complexity index is 1050. The zero-order valence-corrected chi connectivity index (χ0v) is 17.8. The van der Waals surface area contributed by atoms with Crippen molar-refractivity contribution in [1.82, 2.24) is 0 Å². The molecule has 2 aromatic rings. The molecule has 0 unspecified atom stereocenters. The Morgan fingerprint density at radius 2 is 1.71 bits per heavy atom. The maximum Gasteiger partial charge on any atom is 0.416 e. The third-order valence-electron chi connectivity index (χ3n) is 4.45. The molecule has 28 heavy (non-hydrogen) atoms. The maximum atomic E-state index is 13.2. The minimum atomic E-state index is -1.41. The van der Waals surface area contributed by atoms with E-state index in [1.54, 1.807) is 24.3 Å². The third-order valence-corrected chi connectivity index (χ3v) is 5.29. The van der Waals surface area contributed by atoms with E-state index in [9.17, 15) is 19.5 Å². The normalized spacial score (nSPS) is 14.2. The van der Waals surface area contributed by atoms with Gasteiger partial charge < -0.3 is 5.11 Å². The fourth-order valence-electron chi connectivity index (χ4n) is 3.21. The number of carboxylic acid groups (broad SMARTS) is 1. The molecule has 0 aliphatic heterocycles. The maximum absolute atomic E-state index is 13.2. The lowest BCUT2D eigenvalue weighted by molar-refractivity contribution is 0.0976. The van der Waals surface area contributed by atoms with Crippen molar-refractivity contribution in [2.24, 2.45) is 0 Å². The number of carbonyl (C=O) groups is 3. The number of amides is 1. The van der Waals surface area contributed by atoms with E-state index in [0.29, 0.717) is 10.0 Å². The van der Waals surface area contributed by atoms with Crippen LogP contribution in [0.25, 0.3) is 0 Å². The summed E-state index contributed by atoms with van der Waals surface area (Å²) < 4.78 is 0.623. The van der Waals surface area contributed by atoms with Gasteiger partial charge in [-0.3, -0.25) is 9.59 Å². The number of carbonyl (C=O) groups excluding carboxylic acids is 2. The number of allylic oxidation sites excluding steroid dienone is 2. The number of hydrogen-bond donors (Lipinski definition) is 1.